The Bertz CT molecular complexity index is 443. The minimum atomic E-state index is -0.127. The van der Waals surface area contributed by atoms with E-state index < -0.39 is 0 Å². The summed E-state index contributed by atoms with van der Waals surface area (Å²) in [5, 5.41) is 3.24. The molecule has 0 aromatic heterocycles. The van der Waals surface area contributed by atoms with Crippen LogP contribution in [0.1, 0.15) is 33.6 Å². The molecule has 0 unspecified atom stereocenters. The third kappa shape index (κ3) is 1.56. The van der Waals surface area contributed by atoms with E-state index in [9.17, 15) is 9.59 Å². The van der Waals surface area contributed by atoms with Crippen LogP contribution in [0.4, 0.5) is 0 Å². The zero-order chi connectivity index (χ0) is 11.8. The predicted molar refractivity (Wildman–Crippen MR) is 62.8 cm³/mol. The van der Waals surface area contributed by atoms with Gasteiger partial charge in [0.15, 0.2) is 0 Å². The van der Waals surface area contributed by atoms with Gasteiger partial charge in [-0.2, -0.15) is 0 Å². The Labute approximate surface area is 99.6 Å². The highest BCUT2D eigenvalue weighted by atomic mass is 16.2. The van der Waals surface area contributed by atoms with Crippen LogP contribution in [-0.4, -0.2) is 35.8 Å². The van der Waals surface area contributed by atoms with Gasteiger partial charge >= 0.3 is 0 Å². The Morgan fingerprint density at radius 1 is 1.00 bits per heavy atom. The van der Waals surface area contributed by atoms with Gasteiger partial charge in [0.1, 0.15) is 0 Å². The average molecular weight is 230 g/mol. The van der Waals surface area contributed by atoms with E-state index in [-0.39, 0.29) is 17.9 Å². The van der Waals surface area contributed by atoms with E-state index in [0.29, 0.717) is 11.1 Å². The van der Waals surface area contributed by atoms with Crippen LogP contribution in [0.25, 0.3) is 0 Å². The van der Waals surface area contributed by atoms with E-state index in [4.69, 9.17) is 0 Å². The van der Waals surface area contributed by atoms with Crippen LogP contribution < -0.4 is 5.32 Å². The maximum Gasteiger partial charge on any atom is 0.261 e. The van der Waals surface area contributed by atoms with E-state index in [1.54, 1.807) is 24.3 Å². The fourth-order valence-corrected chi connectivity index (χ4v) is 2.60. The summed E-state index contributed by atoms with van der Waals surface area (Å²) in [6, 6.07) is 7.13. The first kappa shape index (κ1) is 10.5. The van der Waals surface area contributed by atoms with Gasteiger partial charge in [0, 0.05) is 6.04 Å². The molecule has 0 bridgehead atoms. The second-order valence-corrected chi connectivity index (χ2v) is 4.51. The van der Waals surface area contributed by atoms with Crippen molar-refractivity contribution >= 4 is 11.8 Å². The van der Waals surface area contributed by atoms with Crippen molar-refractivity contribution in [2.75, 3.05) is 13.1 Å². The van der Waals surface area contributed by atoms with E-state index in [2.05, 4.69) is 5.32 Å². The number of hydrogen-bond donors (Lipinski definition) is 1. The molecule has 2 aliphatic rings. The number of carbonyl (C=O) groups excluding carboxylic acids is 2. The highest BCUT2D eigenvalue weighted by molar-refractivity contribution is 6.21. The Kier molecular flexibility index (Phi) is 2.44. The van der Waals surface area contributed by atoms with Gasteiger partial charge in [0.05, 0.1) is 11.1 Å². The third-order valence-electron chi connectivity index (χ3n) is 3.50. The molecule has 1 aromatic rings. The molecule has 4 nitrogen and oxygen atoms in total. The van der Waals surface area contributed by atoms with Crippen LogP contribution in [0.2, 0.25) is 0 Å². The summed E-state index contributed by atoms with van der Waals surface area (Å²) < 4.78 is 0. The molecule has 2 amide bonds. The van der Waals surface area contributed by atoms with E-state index in [0.717, 1.165) is 25.9 Å². The molecule has 2 heterocycles. The van der Waals surface area contributed by atoms with Crippen LogP contribution >= 0.6 is 0 Å². The minimum Gasteiger partial charge on any atom is -0.317 e. The molecular formula is C13H14N2O2. The van der Waals surface area contributed by atoms with Gasteiger partial charge in [-0.15, -0.1) is 0 Å². The lowest BCUT2D eigenvalue weighted by Crippen LogP contribution is -2.45. The van der Waals surface area contributed by atoms with Crippen molar-refractivity contribution in [1.29, 1.82) is 0 Å². The summed E-state index contributed by atoms with van der Waals surface area (Å²) in [6.45, 7) is 1.75. The van der Waals surface area contributed by atoms with E-state index >= 15 is 0 Å². The average Bonchev–Trinajstić information content (AvgIpc) is 2.64. The number of rotatable bonds is 1. The Hall–Kier alpha value is -1.68. The molecule has 1 N–H and O–H groups in total. The predicted octanol–water partition coefficient (Wildman–Crippen LogP) is 1.03. The van der Waals surface area contributed by atoms with E-state index in [1.807, 2.05) is 0 Å². The second kappa shape index (κ2) is 3.96. The van der Waals surface area contributed by atoms with Crippen molar-refractivity contribution in [2.45, 2.75) is 18.9 Å². The molecule has 1 fully saturated rings. The fourth-order valence-electron chi connectivity index (χ4n) is 2.60. The first-order chi connectivity index (χ1) is 8.29. The molecule has 4 heteroatoms. The van der Waals surface area contributed by atoms with Gasteiger partial charge in [-0.3, -0.25) is 14.5 Å². The van der Waals surface area contributed by atoms with Crippen LogP contribution in [0, 0.1) is 0 Å². The largest absolute Gasteiger partial charge is 0.317 e. The number of fused-ring (bicyclic) bond motifs is 1. The monoisotopic (exact) mass is 230 g/mol. The minimum absolute atomic E-state index is 0.0589. The first-order valence-electron chi connectivity index (χ1n) is 5.96. The van der Waals surface area contributed by atoms with Crippen molar-refractivity contribution in [3.63, 3.8) is 0 Å². The van der Waals surface area contributed by atoms with Crippen molar-refractivity contribution in [3.05, 3.63) is 35.4 Å². The van der Waals surface area contributed by atoms with Crippen molar-refractivity contribution in [3.8, 4) is 0 Å². The molecule has 0 spiro atoms. The smallest absolute Gasteiger partial charge is 0.261 e. The molecule has 2 aliphatic heterocycles. The number of benzene rings is 1. The van der Waals surface area contributed by atoms with Gasteiger partial charge in [-0.05, 0) is 38.1 Å². The quantitative estimate of drug-likeness (QED) is 0.733. The highest BCUT2D eigenvalue weighted by Gasteiger charge is 2.39. The summed E-state index contributed by atoms with van der Waals surface area (Å²) in [5.41, 5.74) is 1.10. The molecule has 17 heavy (non-hydrogen) atoms. The Morgan fingerprint density at radius 3 is 2.06 bits per heavy atom. The molecule has 1 saturated heterocycles. The number of hydrogen-bond acceptors (Lipinski definition) is 3. The Morgan fingerprint density at radius 2 is 1.53 bits per heavy atom. The third-order valence-corrected chi connectivity index (χ3v) is 3.50. The highest BCUT2D eigenvalue weighted by Crippen LogP contribution is 2.27. The molecule has 1 aromatic carbocycles. The lowest BCUT2D eigenvalue weighted by Gasteiger charge is -2.29. The number of carbonyl (C=O) groups is 2. The van der Waals surface area contributed by atoms with Crippen LogP contribution in [0.15, 0.2) is 24.3 Å². The van der Waals surface area contributed by atoms with Crippen LogP contribution in [0.3, 0.4) is 0 Å². The normalized spacial score (nSPS) is 20.8. The molecule has 0 saturated carbocycles. The topological polar surface area (TPSA) is 49.4 Å². The summed E-state index contributed by atoms with van der Waals surface area (Å²) in [7, 11) is 0. The standard InChI is InChI=1S/C13H14N2O2/c16-12-10-3-1-2-4-11(10)13(17)15(12)9-5-7-14-8-6-9/h1-4,9,14H,5-8H2. The number of nitrogens with one attached hydrogen (secondary N) is 1. The maximum absolute atomic E-state index is 12.2. The number of amides is 2. The van der Waals surface area contributed by atoms with Crippen LogP contribution in [-0.2, 0) is 0 Å². The molecule has 0 aliphatic carbocycles. The zero-order valence-corrected chi connectivity index (χ0v) is 9.48. The van der Waals surface area contributed by atoms with E-state index in [1.165, 1.54) is 4.90 Å². The van der Waals surface area contributed by atoms with Gasteiger partial charge in [-0.25, -0.2) is 0 Å². The van der Waals surface area contributed by atoms with Gasteiger partial charge in [0.2, 0.25) is 0 Å². The zero-order valence-electron chi connectivity index (χ0n) is 9.48. The lowest BCUT2D eigenvalue weighted by molar-refractivity contribution is 0.0556. The molecule has 88 valence electrons. The molecule has 0 radical (unpaired) electrons. The fraction of sp³-hybridized carbons (Fsp3) is 0.385. The lowest BCUT2D eigenvalue weighted by atomic mass is 10.1. The number of imide groups is 1. The Balaban J connectivity index is 1.94. The SMILES string of the molecule is O=C1c2ccccc2C(=O)N1C1CCNCC1. The van der Waals surface area contributed by atoms with Gasteiger partial charge in [0.25, 0.3) is 11.8 Å². The van der Waals surface area contributed by atoms with Crippen molar-refractivity contribution < 1.29 is 9.59 Å². The summed E-state index contributed by atoms with van der Waals surface area (Å²) >= 11 is 0. The van der Waals surface area contributed by atoms with Crippen LogP contribution in [0.5, 0.6) is 0 Å². The molecule has 3 rings (SSSR count). The number of nitrogens with zero attached hydrogens (tertiary/aromatic N) is 1. The molecule has 0 atom stereocenters. The van der Waals surface area contributed by atoms with Gasteiger partial charge in [-0.1, -0.05) is 12.1 Å². The van der Waals surface area contributed by atoms with Crippen molar-refractivity contribution in [1.82, 2.24) is 10.2 Å². The second-order valence-electron chi connectivity index (χ2n) is 4.51. The molecular weight excluding hydrogens is 216 g/mol. The number of piperidine rings is 1. The summed E-state index contributed by atoms with van der Waals surface area (Å²) in [5.74, 6) is -0.255. The summed E-state index contributed by atoms with van der Waals surface area (Å²) in [6.07, 6.45) is 1.71. The first-order valence-corrected chi connectivity index (χ1v) is 5.96. The van der Waals surface area contributed by atoms with Crippen molar-refractivity contribution in [2.24, 2.45) is 0 Å². The maximum atomic E-state index is 12.2. The van der Waals surface area contributed by atoms with Gasteiger partial charge < -0.3 is 5.32 Å². The summed E-state index contributed by atoms with van der Waals surface area (Å²) in [4.78, 5) is 25.8.